The van der Waals surface area contributed by atoms with Crippen LogP contribution in [0.3, 0.4) is 0 Å². The minimum absolute atomic E-state index is 0.130. The van der Waals surface area contributed by atoms with Crippen molar-refractivity contribution in [3.63, 3.8) is 0 Å². The van der Waals surface area contributed by atoms with Gasteiger partial charge in [0.1, 0.15) is 0 Å². The molecule has 0 spiro atoms. The Labute approximate surface area is 73.0 Å². The van der Waals surface area contributed by atoms with Crippen LogP contribution < -0.4 is 0 Å². The summed E-state index contributed by atoms with van der Waals surface area (Å²) in [5.41, 5.74) is 0. The second kappa shape index (κ2) is 4.42. The highest BCUT2D eigenvalue weighted by molar-refractivity contribution is 5.76. The lowest BCUT2D eigenvalue weighted by Crippen LogP contribution is -2.47. The zero-order valence-corrected chi connectivity index (χ0v) is 7.45. The van der Waals surface area contributed by atoms with Crippen molar-refractivity contribution in [1.82, 2.24) is 9.96 Å². The summed E-state index contributed by atoms with van der Waals surface area (Å²) in [6.07, 6.45) is 0.354. The minimum Gasteiger partial charge on any atom is -0.340 e. The first-order chi connectivity index (χ1) is 5.77. The molecule has 0 N–H and O–H groups in total. The van der Waals surface area contributed by atoms with Crippen LogP contribution in [0.4, 0.5) is 0 Å². The van der Waals surface area contributed by atoms with E-state index in [1.165, 1.54) is 0 Å². The van der Waals surface area contributed by atoms with Gasteiger partial charge in [0, 0.05) is 32.6 Å². The van der Waals surface area contributed by atoms with Gasteiger partial charge in [-0.15, -0.1) is 0 Å². The quantitative estimate of drug-likeness (QED) is 0.582. The molecule has 1 amide bonds. The summed E-state index contributed by atoms with van der Waals surface area (Å²) in [4.78, 5) is 18.0. The number of nitrogens with zero attached hydrogens (tertiary/aromatic N) is 2. The maximum Gasteiger partial charge on any atom is 0.222 e. The summed E-state index contributed by atoms with van der Waals surface area (Å²) in [6.45, 7) is 6.66. The van der Waals surface area contributed by atoms with E-state index in [1.54, 1.807) is 7.11 Å². The predicted octanol–water partition coefficient (Wildman–Crippen LogP) is -0.0838. The van der Waals surface area contributed by atoms with E-state index in [9.17, 15) is 4.79 Å². The molecule has 1 aliphatic heterocycles. The van der Waals surface area contributed by atoms with Gasteiger partial charge in [-0.1, -0.05) is 0 Å². The van der Waals surface area contributed by atoms with Crippen molar-refractivity contribution < 1.29 is 9.63 Å². The van der Waals surface area contributed by atoms with Gasteiger partial charge in [0.15, 0.2) is 0 Å². The Morgan fingerprint density at radius 2 is 2.00 bits per heavy atom. The van der Waals surface area contributed by atoms with Gasteiger partial charge >= 0.3 is 0 Å². The van der Waals surface area contributed by atoms with Gasteiger partial charge in [-0.05, 0) is 6.92 Å². The van der Waals surface area contributed by atoms with Crippen molar-refractivity contribution in [1.29, 1.82) is 0 Å². The number of hydrogen-bond donors (Lipinski definition) is 0. The van der Waals surface area contributed by atoms with Gasteiger partial charge in [0.05, 0.1) is 7.11 Å². The molecule has 1 fully saturated rings. The second-order valence-electron chi connectivity index (χ2n) is 2.74. The van der Waals surface area contributed by atoms with Crippen molar-refractivity contribution >= 4 is 5.91 Å². The number of hydrogen-bond acceptors (Lipinski definition) is 3. The van der Waals surface area contributed by atoms with Gasteiger partial charge in [-0.3, -0.25) is 4.79 Å². The van der Waals surface area contributed by atoms with Gasteiger partial charge in [-0.25, -0.2) is 0 Å². The van der Waals surface area contributed by atoms with Crippen molar-refractivity contribution in [2.24, 2.45) is 0 Å². The number of amides is 1. The van der Waals surface area contributed by atoms with Gasteiger partial charge in [0.25, 0.3) is 0 Å². The van der Waals surface area contributed by atoms with Crippen LogP contribution in [0.15, 0.2) is 0 Å². The van der Waals surface area contributed by atoms with Gasteiger partial charge in [-0.2, -0.15) is 5.06 Å². The summed E-state index contributed by atoms with van der Waals surface area (Å²) in [5, 5.41) is 1.85. The molecule has 1 heterocycles. The van der Waals surface area contributed by atoms with E-state index in [1.807, 2.05) is 9.96 Å². The van der Waals surface area contributed by atoms with E-state index in [0.29, 0.717) is 6.42 Å². The minimum atomic E-state index is 0.130. The van der Waals surface area contributed by atoms with Crippen LogP contribution in [-0.2, 0) is 9.63 Å². The maximum absolute atomic E-state index is 11.2. The molecule has 0 unspecified atom stereocenters. The molecule has 0 saturated carbocycles. The molecule has 69 valence electrons. The van der Waals surface area contributed by atoms with Crippen LogP contribution in [0.1, 0.15) is 6.42 Å². The SMILES string of the molecule is [CH2]CC(=O)N1CCN(OC)CC1. The fourth-order valence-electron chi connectivity index (χ4n) is 1.28. The molecule has 0 aliphatic carbocycles. The number of hydroxylamine groups is 2. The van der Waals surface area contributed by atoms with Crippen LogP contribution in [0.2, 0.25) is 0 Å². The number of rotatable bonds is 2. The molecule has 12 heavy (non-hydrogen) atoms. The van der Waals surface area contributed by atoms with E-state index in [-0.39, 0.29) is 5.91 Å². The molecule has 0 aromatic carbocycles. The smallest absolute Gasteiger partial charge is 0.222 e. The van der Waals surface area contributed by atoms with E-state index >= 15 is 0 Å². The lowest BCUT2D eigenvalue weighted by molar-refractivity contribution is -0.160. The Morgan fingerprint density at radius 1 is 1.42 bits per heavy atom. The third-order valence-corrected chi connectivity index (χ3v) is 2.06. The normalized spacial score (nSPS) is 19.7. The van der Waals surface area contributed by atoms with Crippen molar-refractivity contribution in [3.05, 3.63) is 6.92 Å². The van der Waals surface area contributed by atoms with Gasteiger partial charge < -0.3 is 9.74 Å². The summed E-state index contributed by atoms with van der Waals surface area (Å²) in [6, 6.07) is 0. The molecule has 0 aromatic heterocycles. The zero-order chi connectivity index (χ0) is 8.97. The second-order valence-corrected chi connectivity index (χ2v) is 2.74. The van der Waals surface area contributed by atoms with E-state index in [2.05, 4.69) is 6.92 Å². The summed E-state index contributed by atoms with van der Waals surface area (Å²) >= 11 is 0. The molecule has 1 aliphatic rings. The summed E-state index contributed by atoms with van der Waals surface area (Å²) in [5.74, 6) is 0.130. The monoisotopic (exact) mass is 171 g/mol. The largest absolute Gasteiger partial charge is 0.340 e. The number of piperazine rings is 1. The summed E-state index contributed by atoms with van der Waals surface area (Å²) < 4.78 is 0. The van der Waals surface area contributed by atoms with Crippen LogP contribution in [0, 0.1) is 6.92 Å². The predicted molar refractivity (Wildman–Crippen MR) is 45.1 cm³/mol. The first kappa shape index (κ1) is 9.48. The number of carbonyl (C=O) groups is 1. The third-order valence-electron chi connectivity index (χ3n) is 2.06. The highest BCUT2D eigenvalue weighted by atomic mass is 16.7. The Balaban J connectivity index is 2.30. The van der Waals surface area contributed by atoms with Crippen LogP contribution >= 0.6 is 0 Å². The molecule has 0 bridgehead atoms. The van der Waals surface area contributed by atoms with E-state index in [0.717, 1.165) is 26.2 Å². The van der Waals surface area contributed by atoms with Crippen molar-refractivity contribution in [2.45, 2.75) is 6.42 Å². The molecule has 0 aromatic rings. The molecule has 1 rings (SSSR count). The Morgan fingerprint density at radius 3 is 2.42 bits per heavy atom. The Kier molecular flexibility index (Phi) is 3.49. The lowest BCUT2D eigenvalue weighted by atomic mass is 10.3. The Bertz CT molecular complexity index is 153. The molecule has 0 atom stereocenters. The first-order valence-corrected chi connectivity index (χ1v) is 4.14. The highest BCUT2D eigenvalue weighted by Crippen LogP contribution is 2.02. The summed E-state index contributed by atoms with van der Waals surface area (Å²) in [7, 11) is 1.65. The van der Waals surface area contributed by atoms with Gasteiger partial charge in [0.2, 0.25) is 5.91 Å². The average Bonchev–Trinajstić information content (AvgIpc) is 2.17. The maximum atomic E-state index is 11.2. The number of carbonyl (C=O) groups excluding carboxylic acids is 1. The highest BCUT2D eigenvalue weighted by Gasteiger charge is 2.19. The molecule has 1 radical (unpaired) electrons. The van der Waals surface area contributed by atoms with Crippen LogP contribution in [0.5, 0.6) is 0 Å². The van der Waals surface area contributed by atoms with Crippen molar-refractivity contribution in [3.8, 4) is 0 Å². The van der Waals surface area contributed by atoms with E-state index in [4.69, 9.17) is 4.84 Å². The Hall–Kier alpha value is -0.610. The third kappa shape index (κ3) is 2.19. The molecular weight excluding hydrogens is 156 g/mol. The zero-order valence-electron chi connectivity index (χ0n) is 7.45. The molecule has 4 nitrogen and oxygen atoms in total. The van der Waals surface area contributed by atoms with Crippen LogP contribution in [-0.4, -0.2) is 49.2 Å². The topological polar surface area (TPSA) is 32.8 Å². The first-order valence-electron chi connectivity index (χ1n) is 4.14. The molecule has 4 heteroatoms. The van der Waals surface area contributed by atoms with E-state index < -0.39 is 0 Å². The van der Waals surface area contributed by atoms with Crippen LogP contribution in [0.25, 0.3) is 0 Å². The van der Waals surface area contributed by atoms with Crippen molar-refractivity contribution in [2.75, 3.05) is 33.3 Å². The molecule has 1 saturated heterocycles. The average molecular weight is 171 g/mol. The fraction of sp³-hybridized carbons (Fsp3) is 0.750. The fourth-order valence-corrected chi connectivity index (χ4v) is 1.28. The molecular formula is C8H15N2O2. The lowest BCUT2D eigenvalue weighted by Gasteiger charge is -2.32. The standard InChI is InChI=1S/C8H15N2O2/c1-3-8(11)9-4-6-10(12-2)7-5-9/h1,3-7H2,2H3.